The zero-order valence-electron chi connectivity index (χ0n) is 14.7. The molecule has 1 amide bonds. The Morgan fingerprint density at radius 3 is 2.61 bits per heavy atom. The first-order valence-electron chi connectivity index (χ1n) is 8.21. The lowest BCUT2D eigenvalue weighted by molar-refractivity contribution is -0.143. The van der Waals surface area contributed by atoms with E-state index >= 15 is 0 Å². The van der Waals surface area contributed by atoms with Crippen LogP contribution < -0.4 is 5.32 Å². The van der Waals surface area contributed by atoms with Gasteiger partial charge in [-0.3, -0.25) is 9.59 Å². The average Bonchev–Trinajstić information content (AvgIpc) is 3.14. The number of carbonyl (C=O) groups excluding carboxylic acids is 2. The van der Waals surface area contributed by atoms with Gasteiger partial charge in [-0.05, 0) is 37.3 Å². The molecular formula is C19H15Cl2N3O4. The van der Waals surface area contributed by atoms with Gasteiger partial charge in [0.15, 0.2) is 6.61 Å². The highest BCUT2D eigenvalue weighted by atomic mass is 35.5. The molecule has 28 heavy (non-hydrogen) atoms. The molecule has 0 saturated carbocycles. The minimum absolute atomic E-state index is 0.175. The number of benzene rings is 2. The molecule has 0 spiro atoms. The SMILES string of the molecule is Cc1ccc(-c2nc(COC(=O)CNC(=O)c3ccc(Cl)cc3Cl)no2)cc1. The van der Waals surface area contributed by atoms with Crippen molar-refractivity contribution in [3.8, 4) is 11.5 Å². The van der Waals surface area contributed by atoms with E-state index in [1.807, 2.05) is 31.2 Å². The average molecular weight is 420 g/mol. The van der Waals surface area contributed by atoms with Crippen molar-refractivity contribution in [2.45, 2.75) is 13.5 Å². The summed E-state index contributed by atoms with van der Waals surface area (Å²) in [5, 5.41) is 6.79. The summed E-state index contributed by atoms with van der Waals surface area (Å²) in [6.07, 6.45) is 0. The van der Waals surface area contributed by atoms with Crippen LogP contribution in [0.3, 0.4) is 0 Å². The summed E-state index contributed by atoms with van der Waals surface area (Å²) in [6.45, 7) is 1.47. The Morgan fingerprint density at radius 2 is 1.89 bits per heavy atom. The second-order valence-corrected chi connectivity index (χ2v) is 6.69. The number of hydrogen-bond acceptors (Lipinski definition) is 6. The number of nitrogens with zero attached hydrogens (tertiary/aromatic N) is 2. The molecule has 0 aliphatic heterocycles. The molecule has 2 aromatic carbocycles. The number of esters is 1. The first kappa shape index (κ1) is 19.9. The van der Waals surface area contributed by atoms with Crippen molar-refractivity contribution in [1.29, 1.82) is 0 Å². The predicted octanol–water partition coefficient (Wildman–Crippen LogP) is 3.83. The summed E-state index contributed by atoms with van der Waals surface area (Å²) in [5.74, 6) is -0.618. The van der Waals surface area contributed by atoms with Gasteiger partial charge >= 0.3 is 5.97 Å². The third-order valence-corrected chi connectivity index (χ3v) is 4.25. The minimum atomic E-state index is -0.653. The predicted molar refractivity (Wildman–Crippen MR) is 103 cm³/mol. The van der Waals surface area contributed by atoms with E-state index in [9.17, 15) is 9.59 Å². The van der Waals surface area contributed by atoms with Crippen LogP contribution in [0.15, 0.2) is 47.0 Å². The molecule has 3 aromatic rings. The van der Waals surface area contributed by atoms with Gasteiger partial charge in [0, 0.05) is 10.6 Å². The van der Waals surface area contributed by atoms with Gasteiger partial charge in [0.25, 0.3) is 11.8 Å². The Balaban J connectivity index is 1.49. The summed E-state index contributed by atoms with van der Waals surface area (Å²) in [5.41, 5.74) is 2.09. The Hall–Kier alpha value is -2.90. The highest BCUT2D eigenvalue weighted by Crippen LogP contribution is 2.21. The molecule has 0 aliphatic rings. The molecule has 0 unspecified atom stereocenters. The van der Waals surface area contributed by atoms with Gasteiger partial charge in [0.05, 0.1) is 10.6 Å². The van der Waals surface area contributed by atoms with E-state index in [1.165, 1.54) is 18.2 Å². The lowest BCUT2D eigenvalue weighted by Crippen LogP contribution is -2.30. The standard InChI is InChI=1S/C19H15Cl2N3O4/c1-11-2-4-12(5-3-11)19-23-16(24-28-19)10-27-17(25)9-22-18(26)14-7-6-13(20)8-15(14)21/h2-8H,9-10H2,1H3,(H,22,26). The van der Waals surface area contributed by atoms with Gasteiger partial charge < -0.3 is 14.6 Å². The molecule has 9 heteroatoms. The van der Waals surface area contributed by atoms with Gasteiger partial charge in [-0.25, -0.2) is 0 Å². The van der Waals surface area contributed by atoms with Crippen molar-refractivity contribution in [3.63, 3.8) is 0 Å². The largest absolute Gasteiger partial charge is 0.456 e. The van der Waals surface area contributed by atoms with E-state index in [0.717, 1.165) is 11.1 Å². The van der Waals surface area contributed by atoms with E-state index < -0.39 is 11.9 Å². The van der Waals surface area contributed by atoms with Crippen molar-refractivity contribution in [1.82, 2.24) is 15.5 Å². The third kappa shape index (κ3) is 5.09. The molecule has 1 aromatic heterocycles. The number of aryl methyl sites for hydroxylation is 1. The van der Waals surface area contributed by atoms with E-state index in [-0.39, 0.29) is 29.6 Å². The molecule has 1 heterocycles. The zero-order valence-corrected chi connectivity index (χ0v) is 16.3. The summed E-state index contributed by atoms with van der Waals surface area (Å²) in [7, 11) is 0. The van der Waals surface area contributed by atoms with Gasteiger partial charge in [-0.15, -0.1) is 0 Å². The van der Waals surface area contributed by atoms with E-state index in [0.29, 0.717) is 10.9 Å². The quantitative estimate of drug-likeness (QED) is 0.610. The topological polar surface area (TPSA) is 94.3 Å². The van der Waals surface area contributed by atoms with E-state index in [2.05, 4.69) is 15.5 Å². The first-order valence-corrected chi connectivity index (χ1v) is 8.96. The number of aromatic nitrogens is 2. The number of carbonyl (C=O) groups is 2. The van der Waals surface area contributed by atoms with Crippen LogP contribution in [0.5, 0.6) is 0 Å². The molecule has 0 bridgehead atoms. The van der Waals surface area contributed by atoms with Crippen LogP contribution >= 0.6 is 23.2 Å². The fourth-order valence-corrected chi connectivity index (χ4v) is 2.74. The Bertz CT molecular complexity index is 1000. The third-order valence-electron chi connectivity index (χ3n) is 3.70. The number of nitrogens with one attached hydrogen (secondary N) is 1. The summed E-state index contributed by atoms with van der Waals surface area (Å²) in [4.78, 5) is 28.1. The fraction of sp³-hybridized carbons (Fsp3) is 0.158. The molecule has 1 N–H and O–H groups in total. The molecule has 0 radical (unpaired) electrons. The van der Waals surface area contributed by atoms with Gasteiger partial charge in [0.2, 0.25) is 5.82 Å². The molecule has 7 nitrogen and oxygen atoms in total. The van der Waals surface area contributed by atoms with Crippen molar-refractivity contribution >= 4 is 35.1 Å². The molecule has 0 aliphatic carbocycles. The minimum Gasteiger partial charge on any atom is -0.456 e. The Kier molecular flexibility index (Phi) is 6.28. The maximum atomic E-state index is 12.1. The van der Waals surface area contributed by atoms with Gasteiger partial charge in [-0.2, -0.15) is 4.98 Å². The van der Waals surface area contributed by atoms with E-state index in [1.54, 1.807) is 0 Å². The summed E-state index contributed by atoms with van der Waals surface area (Å²) < 4.78 is 10.2. The number of amides is 1. The van der Waals surface area contributed by atoms with Crippen molar-refractivity contribution in [2.75, 3.05) is 6.54 Å². The van der Waals surface area contributed by atoms with Crippen LogP contribution in [0, 0.1) is 6.92 Å². The highest BCUT2D eigenvalue weighted by Gasteiger charge is 2.14. The molecule has 144 valence electrons. The smallest absolute Gasteiger partial charge is 0.325 e. The van der Waals surface area contributed by atoms with Gasteiger partial charge in [-0.1, -0.05) is 46.1 Å². The maximum Gasteiger partial charge on any atom is 0.325 e. The summed E-state index contributed by atoms with van der Waals surface area (Å²) in [6, 6.07) is 12.0. The normalized spacial score (nSPS) is 10.5. The Morgan fingerprint density at radius 1 is 1.14 bits per heavy atom. The monoisotopic (exact) mass is 419 g/mol. The van der Waals surface area contributed by atoms with Crippen molar-refractivity contribution in [3.05, 3.63) is 69.5 Å². The fourth-order valence-electron chi connectivity index (χ4n) is 2.24. The molecule has 0 atom stereocenters. The van der Waals surface area contributed by atoms with Crippen LogP contribution in [-0.4, -0.2) is 28.6 Å². The van der Waals surface area contributed by atoms with Crippen molar-refractivity contribution < 1.29 is 18.8 Å². The molecule has 3 rings (SSSR count). The van der Waals surface area contributed by atoms with Crippen LogP contribution in [-0.2, 0) is 16.1 Å². The lowest BCUT2D eigenvalue weighted by Gasteiger charge is -2.06. The highest BCUT2D eigenvalue weighted by molar-refractivity contribution is 6.36. The van der Waals surface area contributed by atoms with Crippen LogP contribution in [0.4, 0.5) is 0 Å². The lowest BCUT2D eigenvalue weighted by atomic mass is 10.1. The maximum absolute atomic E-state index is 12.1. The molecule has 0 saturated heterocycles. The number of hydrogen-bond donors (Lipinski definition) is 1. The number of halogens is 2. The van der Waals surface area contributed by atoms with Crippen LogP contribution in [0.2, 0.25) is 10.0 Å². The van der Waals surface area contributed by atoms with Crippen LogP contribution in [0.1, 0.15) is 21.7 Å². The second kappa shape index (κ2) is 8.86. The zero-order chi connectivity index (χ0) is 20.1. The summed E-state index contributed by atoms with van der Waals surface area (Å²) >= 11 is 11.7. The van der Waals surface area contributed by atoms with Crippen LogP contribution in [0.25, 0.3) is 11.5 Å². The first-order chi connectivity index (χ1) is 13.4. The number of ether oxygens (including phenoxy) is 1. The number of rotatable bonds is 6. The Labute approximate surface area is 170 Å². The van der Waals surface area contributed by atoms with Crippen molar-refractivity contribution in [2.24, 2.45) is 0 Å². The van der Waals surface area contributed by atoms with Gasteiger partial charge in [0.1, 0.15) is 6.54 Å². The van der Waals surface area contributed by atoms with E-state index in [4.69, 9.17) is 32.5 Å². The molecular weight excluding hydrogens is 405 g/mol. The second-order valence-electron chi connectivity index (χ2n) is 5.85. The molecule has 0 fully saturated rings.